The summed E-state index contributed by atoms with van der Waals surface area (Å²) in [6, 6.07) is 12.8. The number of carbonyl (C=O) groups is 3. The van der Waals surface area contributed by atoms with Crippen molar-refractivity contribution in [3.8, 4) is 0 Å². The van der Waals surface area contributed by atoms with E-state index in [1.165, 1.54) is 34.4 Å². The molecule has 4 fully saturated rings. The fraction of sp³-hybridized carbons (Fsp3) is 0.611. The summed E-state index contributed by atoms with van der Waals surface area (Å²) in [4.78, 5) is 42.4. The summed E-state index contributed by atoms with van der Waals surface area (Å²) >= 11 is 13.1. The number of amides is 3. The molecule has 0 unspecified atom stereocenters. The Morgan fingerprint density at radius 2 is 1.24 bits per heavy atom. The molecule has 3 aromatic carbocycles. The Labute approximate surface area is 419 Å². The number of carbonyl (C=O) groups excluding carboxylic acids is 3. The highest BCUT2D eigenvalue weighted by atomic mass is 35.5. The number of hydrogen-bond acceptors (Lipinski definition) is 6. The van der Waals surface area contributed by atoms with Crippen molar-refractivity contribution in [3.63, 3.8) is 0 Å². The maximum atomic E-state index is 15.1. The minimum atomic E-state index is -0.609. The molecular formula is C54H72Cl3F2N5O4. The van der Waals surface area contributed by atoms with Crippen LogP contribution in [0.1, 0.15) is 150 Å². The van der Waals surface area contributed by atoms with Gasteiger partial charge in [-0.05, 0) is 174 Å². The van der Waals surface area contributed by atoms with Crippen LogP contribution < -0.4 is 16.0 Å². The predicted octanol–water partition coefficient (Wildman–Crippen LogP) is 10.2. The van der Waals surface area contributed by atoms with Crippen molar-refractivity contribution in [3.05, 3.63) is 103 Å². The van der Waals surface area contributed by atoms with Gasteiger partial charge in [0, 0.05) is 104 Å². The van der Waals surface area contributed by atoms with E-state index >= 15 is 4.39 Å². The highest BCUT2D eigenvalue weighted by Gasteiger charge is 2.53. The zero-order valence-electron chi connectivity index (χ0n) is 41.2. The van der Waals surface area contributed by atoms with E-state index in [0.717, 1.165) is 91.7 Å². The average molecular weight is 1000 g/mol. The third-order valence-electron chi connectivity index (χ3n) is 16.8. The molecule has 0 radical (unpaired) electrons. The van der Waals surface area contributed by atoms with E-state index in [-0.39, 0.29) is 58.3 Å². The molecule has 68 heavy (non-hydrogen) atoms. The lowest BCUT2D eigenvalue weighted by Gasteiger charge is -2.42. The molecule has 0 saturated carbocycles. The number of fused-ring (bicyclic) bond motifs is 4. The van der Waals surface area contributed by atoms with Crippen LogP contribution in [0.25, 0.3) is 0 Å². The normalized spacial score (nSPS) is 24.4. The molecular weight excluding hydrogens is 927 g/mol. The third kappa shape index (κ3) is 10.4. The number of nitrogens with one attached hydrogen (secondary N) is 3. The minimum absolute atomic E-state index is 0. The molecule has 2 aliphatic carbocycles. The molecule has 6 aliphatic rings. The van der Waals surface area contributed by atoms with Crippen LogP contribution in [-0.2, 0) is 30.0 Å². The first kappa shape index (κ1) is 52.5. The van der Waals surface area contributed by atoms with Gasteiger partial charge in [-0.1, -0.05) is 41.4 Å². The van der Waals surface area contributed by atoms with Gasteiger partial charge in [0.1, 0.15) is 11.6 Å². The summed E-state index contributed by atoms with van der Waals surface area (Å²) in [6.07, 6.45) is 7.64. The first-order chi connectivity index (χ1) is 31.6. The molecule has 0 aromatic heterocycles. The lowest BCUT2D eigenvalue weighted by Crippen LogP contribution is -2.49. The van der Waals surface area contributed by atoms with E-state index < -0.39 is 23.1 Å². The summed E-state index contributed by atoms with van der Waals surface area (Å²) < 4.78 is 34.5. The third-order valence-corrected chi connectivity index (χ3v) is 17.6. The van der Waals surface area contributed by atoms with E-state index in [1.807, 2.05) is 11.8 Å². The van der Waals surface area contributed by atoms with Crippen molar-refractivity contribution in [1.82, 2.24) is 25.8 Å². The number of ether oxygens (including phenoxy) is 1. The molecule has 4 atom stereocenters. The van der Waals surface area contributed by atoms with Gasteiger partial charge in [-0.25, -0.2) is 8.78 Å². The van der Waals surface area contributed by atoms with Gasteiger partial charge in [-0.3, -0.25) is 19.3 Å². The molecule has 3 N–H and O–H groups in total. The summed E-state index contributed by atoms with van der Waals surface area (Å²) in [6.45, 7) is 21.5. The van der Waals surface area contributed by atoms with Gasteiger partial charge >= 0.3 is 0 Å². The van der Waals surface area contributed by atoms with E-state index in [4.69, 9.17) is 27.9 Å². The number of nitrogens with zero attached hydrogens (tertiary/aromatic N) is 2. The number of benzene rings is 3. The van der Waals surface area contributed by atoms with E-state index in [1.54, 1.807) is 13.8 Å². The fourth-order valence-electron chi connectivity index (χ4n) is 13.3. The Hall–Kier alpha value is -3.32. The van der Waals surface area contributed by atoms with Crippen molar-refractivity contribution in [2.24, 2.45) is 5.92 Å². The van der Waals surface area contributed by atoms with Crippen molar-refractivity contribution < 1.29 is 27.9 Å². The molecule has 4 aliphatic heterocycles. The zero-order chi connectivity index (χ0) is 48.2. The maximum Gasteiger partial charge on any atom is 0.227 e. The molecule has 3 amide bonds. The lowest BCUT2D eigenvalue weighted by atomic mass is 9.71. The van der Waals surface area contributed by atoms with Gasteiger partial charge in [0.2, 0.25) is 17.7 Å². The predicted molar refractivity (Wildman–Crippen MR) is 269 cm³/mol. The van der Waals surface area contributed by atoms with Crippen molar-refractivity contribution in [2.75, 3.05) is 52.5 Å². The average Bonchev–Trinajstić information content (AvgIpc) is 3.93. The molecule has 372 valence electrons. The number of halogens is 5. The minimum Gasteiger partial charge on any atom is -0.381 e. The van der Waals surface area contributed by atoms with Crippen LogP contribution in [-0.4, -0.2) is 97.1 Å². The van der Waals surface area contributed by atoms with Crippen LogP contribution >= 0.6 is 35.6 Å². The van der Waals surface area contributed by atoms with E-state index in [2.05, 4.69) is 79.7 Å². The second-order valence-corrected chi connectivity index (χ2v) is 22.8. The van der Waals surface area contributed by atoms with Crippen molar-refractivity contribution in [2.45, 2.75) is 152 Å². The van der Waals surface area contributed by atoms with Crippen LogP contribution in [0.3, 0.4) is 0 Å². The highest BCUT2D eigenvalue weighted by Crippen LogP contribution is 2.57. The van der Waals surface area contributed by atoms with Crippen LogP contribution in [0.4, 0.5) is 8.78 Å². The molecule has 4 saturated heterocycles. The summed E-state index contributed by atoms with van der Waals surface area (Å²) in [5.74, 6) is -1.44. The second-order valence-electron chi connectivity index (χ2n) is 22.0. The van der Waals surface area contributed by atoms with Gasteiger partial charge in [0.05, 0.1) is 5.92 Å². The van der Waals surface area contributed by atoms with Gasteiger partial charge in [-0.2, -0.15) is 0 Å². The number of aryl methyl sites for hydroxylation is 2. The van der Waals surface area contributed by atoms with Crippen LogP contribution in [0.15, 0.2) is 42.5 Å². The maximum absolute atomic E-state index is 15.1. The Morgan fingerprint density at radius 3 is 1.72 bits per heavy atom. The summed E-state index contributed by atoms with van der Waals surface area (Å²) in [7, 11) is 0. The SMILES string of the molecule is CC(=O)NC(C)(C)[C@H]1CC2(CCN(C(=O)[C@@H]3CN(C4CCOCC4)C[C@H]3c3ccc(F)cc3F)CC2)c2cc(Cl)c(C)cc21.CC(=O)NC(C)(C)[C@H]1CC2(CCNCC2)c2cc(Cl)c(C)cc21.Cl. The summed E-state index contributed by atoms with van der Waals surface area (Å²) in [5, 5.41) is 11.4. The molecule has 2 spiro atoms. The Bertz CT molecular complexity index is 2380. The van der Waals surface area contributed by atoms with Crippen LogP contribution in [0.5, 0.6) is 0 Å². The van der Waals surface area contributed by atoms with Gasteiger partial charge in [0.25, 0.3) is 0 Å². The Balaban J connectivity index is 0.000000240. The first-order valence-electron chi connectivity index (χ1n) is 24.6. The van der Waals surface area contributed by atoms with Crippen LogP contribution in [0, 0.1) is 31.4 Å². The Kier molecular flexibility index (Phi) is 15.8. The van der Waals surface area contributed by atoms with Crippen molar-refractivity contribution in [1.29, 1.82) is 0 Å². The molecule has 0 bridgehead atoms. The van der Waals surface area contributed by atoms with Gasteiger partial charge in [0.15, 0.2) is 0 Å². The van der Waals surface area contributed by atoms with E-state index in [9.17, 15) is 18.8 Å². The molecule has 9 nitrogen and oxygen atoms in total. The van der Waals surface area contributed by atoms with E-state index in [0.29, 0.717) is 56.9 Å². The summed E-state index contributed by atoms with van der Waals surface area (Å²) in [5.41, 5.74) is 7.20. The van der Waals surface area contributed by atoms with Crippen LogP contribution in [0.2, 0.25) is 10.0 Å². The molecule has 14 heteroatoms. The van der Waals surface area contributed by atoms with Gasteiger partial charge < -0.3 is 25.6 Å². The largest absolute Gasteiger partial charge is 0.381 e. The zero-order valence-corrected chi connectivity index (χ0v) is 43.5. The topological polar surface area (TPSA) is 103 Å². The molecule has 9 rings (SSSR count). The molecule has 3 aromatic rings. The number of piperidine rings is 2. The van der Waals surface area contributed by atoms with Crippen molar-refractivity contribution >= 4 is 53.3 Å². The van der Waals surface area contributed by atoms with Gasteiger partial charge in [-0.15, -0.1) is 12.4 Å². The lowest BCUT2D eigenvalue weighted by molar-refractivity contribution is -0.137. The highest BCUT2D eigenvalue weighted by molar-refractivity contribution is 6.31. The Morgan fingerprint density at radius 1 is 0.735 bits per heavy atom. The molecule has 4 heterocycles. The quantitative estimate of drug-likeness (QED) is 0.218. The standard InChI is InChI=1S/C35H44ClF2N3O3.C19H27ClN2O.ClH/c1-21-15-26-29(17-31(21)36)35(18-30(26)34(3,4)39-22(2)42)9-11-40(12-10-35)33(43)28-20-41(24-7-13-44-14-8-24)19-27(28)25-6-5-23(37)16-32(25)38;1-12-9-14-15(10-17(12)20)19(5-7-21-8-6-19)11-16(14)18(3,4)22-13(2)23;/h5-6,15-17,24,27-28,30H,7-14,18-20H2,1-4H3,(H,39,42);9-10,16,21H,5-8,11H2,1-4H3,(H,22,23);1H/t27-,28+,30-;16-;/m00./s1. The monoisotopic (exact) mass is 997 g/mol. The first-order valence-corrected chi connectivity index (χ1v) is 25.3. The smallest absolute Gasteiger partial charge is 0.227 e. The second kappa shape index (κ2) is 20.4. The number of likely N-dealkylation sites (tertiary alicyclic amines) is 2. The number of hydrogen-bond donors (Lipinski definition) is 3. The fourth-order valence-corrected chi connectivity index (χ4v) is 13.6. The number of rotatable bonds is 7.